The van der Waals surface area contributed by atoms with Crippen LogP contribution in [0.2, 0.25) is 0 Å². The third kappa shape index (κ3) is 6.49. The maximum atomic E-state index is 5.53. The van der Waals surface area contributed by atoms with Crippen LogP contribution in [0.25, 0.3) is 0 Å². The molecule has 98 valence electrons. The number of ether oxygens (including phenoxy) is 2. The van der Waals surface area contributed by atoms with Gasteiger partial charge in [0.25, 0.3) is 0 Å². The molecule has 2 heteroatoms. The van der Waals surface area contributed by atoms with Crippen molar-refractivity contribution in [3.05, 3.63) is 0 Å². The molecule has 0 fully saturated rings. The highest BCUT2D eigenvalue weighted by Gasteiger charge is 2.27. The van der Waals surface area contributed by atoms with Gasteiger partial charge in [0.2, 0.25) is 0 Å². The van der Waals surface area contributed by atoms with Crippen LogP contribution in [0.3, 0.4) is 0 Å². The van der Waals surface area contributed by atoms with E-state index in [1.807, 2.05) is 0 Å². The second-order valence-electron chi connectivity index (χ2n) is 4.59. The van der Waals surface area contributed by atoms with Crippen LogP contribution in [0.1, 0.15) is 71.6 Å². The van der Waals surface area contributed by atoms with Crippen LogP contribution in [0.5, 0.6) is 0 Å². The summed E-state index contributed by atoms with van der Waals surface area (Å²) in [6.07, 6.45) is 11.1. The number of unbranched alkanes of at least 4 members (excludes halogenated alkanes) is 5. The SMILES string of the molecule is CCCCCCCCC(CCC)(OC)OC. The fourth-order valence-corrected chi connectivity index (χ4v) is 2.17. The number of hydrogen-bond acceptors (Lipinski definition) is 2. The molecule has 0 atom stereocenters. The molecule has 0 unspecified atom stereocenters. The fourth-order valence-electron chi connectivity index (χ4n) is 2.17. The Balaban J connectivity index is 3.67. The zero-order chi connectivity index (χ0) is 12.3. The van der Waals surface area contributed by atoms with Crippen molar-refractivity contribution in [1.82, 2.24) is 0 Å². The van der Waals surface area contributed by atoms with Crippen LogP contribution in [-0.2, 0) is 9.47 Å². The Labute approximate surface area is 102 Å². The normalized spacial score (nSPS) is 12.0. The minimum absolute atomic E-state index is 0.320. The van der Waals surface area contributed by atoms with Gasteiger partial charge in [0.15, 0.2) is 5.79 Å². The fraction of sp³-hybridized carbons (Fsp3) is 1.00. The highest BCUT2D eigenvalue weighted by atomic mass is 16.7. The molecule has 0 saturated carbocycles. The Morgan fingerprint density at radius 3 is 1.75 bits per heavy atom. The van der Waals surface area contributed by atoms with Gasteiger partial charge in [0, 0.05) is 27.1 Å². The molecule has 0 aliphatic rings. The standard InChI is InChI=1S/C14H30O2/c1-5-7-8-9-10-11-13-14(15-3,16-4)12-6-2/h5-13H2,1-4H3. The summed E-state index contributed by atoms with van der Waals surface area (Å²) in [5.41, 5.74) is 0. The number of methoxy groups -OCH3 is 2. The van der Waals surface area contributed by atoms with Crippen molar-refractivity contribution in [1.29, 1.82) is 0 Å². The van der Waals surface area contributed by atoms with Crippen molar-refractivity contribution in [2.75, 3.05) is 14.2 Å². The number of rotatable bonds is 11. The van der Waals surface area contributed by atoms with Gasteiger partial charge in [-0.25, -0.2) is 0 Å². The van der Waals surface area contributed by atoms with E-state index in [4.69, 9.17) is 9.47 Å². The van der Waals surface area contributed by atoms with E-state index in [0.717, 1.165) is 19.3 Å². The van der Waals surface area contributed by atoms with Gasteiger partial charge in [0.1, 0.15) is 0 Å². The van der Waals surface area contributed by atoms with E-state index >= 15 is 0 Å². The van der Waals surface area contributed by atoms with Gasteiger partial charge in [-0.3, -0.25) is 0 Å². The maximum Gasteiger partial charge on any atom is 0.167 e. The average molecular weight is 230 g/mol. The Morgan fingerprint density at radius 2 is 1.25 bits per heavy atom. The van der Waals surface area contributed by atoms with Crippen molar-refractivity contribution in [3.8, 4) is 0 Å². The summed E-state index contributed by atoms with van der Waals surface area (Å²) in [6, 6.07) is 0. The van der Waals surface area contributed by atoms with Gasteiger partial charge in [-0.05, 0) is 6.42 Å². The molecule has 0 heterocycles. The van der Waals surface area contributed by atoms with Crippen LogP contribution in [0.15, 0.2) is 0 Å². The molecular weight excluding hydrogens is 200 g/mol. The third-order valence-corrected chi connectivity index (χ3v) is 3.29. The van der Waals surface area contributed by atoms with Crippen LogP contribution < -0.4 is 0 Å². The van der Waals surface area contributed by atoms with Gasteiger partial charge in [0.05, 0.1) is 0 Å². The van der Waals surface area contributed by atoms with Crippen LogP contribution >= 0.6 is 0 Å². The Hall–Kier alpha value is -0.0800. The lowest BCUT2D eigenvalue weighted by Gasteiger charge is -2.30. The van der Waals surface area contributed by atoms with Gasteiger partial charge >= 0.3 is 0 Å². The third-order valence-electron chi connectivity index (χ3n) is 3.29. The molecule has 0 aromatic heterocycles. The van der Waals surface area contributed by atoms with Gasteiger partial charge in [-0.2, -0.15) is 0 Å². The summed E-state index contributed by atoms with van der Waals surface area (Å²) in [5.74, 6) is -0.320. The van der Waals surface area contributed by atoms with E-state index in [1.54, 1.807) is 14.2 Å². The second kappa shape index (κ2) is 10.1. The molecule has 0 bridgehead atoms. The Kier molecular flexibility index (Phi) is 10.0. The molecule has 0 spiro atoms. The first-order valence-corrected chi connectivity index (χ1v) is 6.85. The lowest BCUT2D eigenvalue weighted by molar-refractivity contribution is -0.215. The largest absolute Gasteiger partial charge is 0.353 e. The zero-order valence-electron chi connectivity index (χ0n) is 11.7. The van der Waals surface area contributed by atoms with E-state index in [1.165, 1.54) is 38.5 Å². The molecule has 0 aliphatic carbocycles. The molecule has 0 aromatic carbocycles. The minimum Gasteiger partial charge on any atom is -0.353 e. The molecular formula is C14H30O2. The van der Waals surface area contributed by atoms with Crippen molar-refractivity contribution in [2.45, 2.75) is 77.4 Å². The van der Waals surface area contributed by atoms with Gasteiger partial charge in [-0.1, -0.05) is 52.4 Å². The molecule has 0 radical (unpaired) electrons. The quantitative estimate of drug-likeness (QED) is 0.383. The molecule has 2 nitrogen and oxygen atoms in total. The predicted octanol–water partition coefficient (Wildman–Crippen LogP) is 4.53. The molecule has 0 saturated heterocycles. The van der Waals surface area contributed by atoms with E-state index in [9.17, 15) is 0 Å². The van der Waals surface area contributed by atoms with Crippen molar-refractivity contribution < 1.29 is 9.47 Å². The second-order valence-corrected chi connectivity index (χ2v) is 4.59. The summed E-state index contributed by atoms with van der Waals surface area (Å²) in [7, 11) is 3.52. The van der Waals surface area contributed by atoms with Crippen LogP contribution in [0.4, 0.5) is 0 Å². The molecule has 0 aromatic rings. The number of hydrogen-bond donors (Lipinski definition) is 0. The van der Waals surface area contributed by atoms with Crippen LogP contribution in [-0.4, -0.2) is 20.0 Å². The lowest BCUT2D eigenvalue weighted by Crippen LogP contribution is -2.33. The topological polar surface area (TPSA) is 18.5 Å². The first-order chi connectivity index (χ1) is 7.74. The van der Waals surface area contributed by atoms with Gasteiger partial charge in [-0.15, -0.1) is 0 Å². The summed E-state index contributed by atoms with van der Waals surface area (Å²) >= 11 is 0. The van der Waals surface area contributed by atoms with E-state index in [-0.39, 0.29) is 5.79 Å². The predicted molar refractivity (Wildman–Crippen MR) is 69.7 cm³/mol. The minimum atomic E-state index is -0.320. The molecule has 0 rings (SSSR count). The lowest BCUT2D eigenvalue weighted by atomic mass is 10.0. The van der Waals surface area contributed by atoms with Crippen molar-refractivity contribution >= 4 is 0 Å². The summed E-state index contributed by atoms with van der Waals surface area (Å²) in [6.45, 7) is 4.43. The molecule has 16 heavy (non-hydrogen) atoms. The maximum absolute atomic E-state index is 5.53. The first kappa shape index (κ1) is 15.9. The summed E-state index contributed by atoms with van der Waals surface area (Å²) < 4.78 is 11.1. The highest BCUT2D eigenvalue weighted by molar-refractivity contribution is 4.68. The summed E-state index contributed by atoms with van der Waals surface area (Å²) in [4.78, 5) is 0. The zero-order valence-corrected chi connectivity index (χ0v) is 11.7. The highest BCUT2D eigenvalue weighted by Crippen LogP contribution is 2.25. The van der Waals surface area contributed by atoms with Crippen LogP contribution in [0, 0.1) is 0 Å². The van der Waals surface area contributed by atoms with Crippen molar-refractivity contribution in [2.24, 2.45) is 0 Å². The Morgan fingerprint density at radius 1 is 0.688 bits per heavy atom. The monoisotopic (exact) mass is 230 g/mol. The van der Waals surface area contributed by atoms with E-state index in [0.29, 0.717) is 0 Å². The smallest absolute Gasteiger partial charge is 0.167 e. The first-order valence-electron chi connectivity index (χ1n) is 6.85. The summed E-state index contributed by atoms with van der Waals surface area (Å²) in [5, 5.41) is 0. The molecule has 0 N–H and O–H groups in total. The van der Waals surface area contributed by atoms with E-state index < -0.39 is 0 Å². The average Bonchev–Trinajstić information content (AvgIpc) is 2.32. The molecule has 0 aliphatic heterocycles. The Bertz CT molecular complexity index is 142. The van der Waals surface area contributed by atoms with Gasteiger partial charge < -0.3 is 9.47 Å². The molecule has 0 amide bonds. The van der Waals surface area contributed by atoms with E-state index in [2.05, 4.69) is 13.8 Å². The van der Waals surface area contributed by atoms with Crippen molar-refractivity contribution in [3.63, 3.8) is 0 Å².